The summed E-state index contributed by atoms with van der Waals surface area (Å²) in [6, 6.07) is 2.17. The third kappa shape index (κ3) is 23.1. The lowest BCUT2D eigenvalue weighted by molar-refractivity contribution is -0.161. The number of rotatable bonds is 36. The van der Waals surface area contributed by atoms with E-state index in [9.17, 15) is 19.0 Å². The van der Waals surface area contributed by atoms with Gasteiger partial charge in [0.05, 0.1) is 13.2 Å². The van der Waals surface area contributed by atoms with E-state index in [1.165, 1.54) is 48.8 Å². The monoisotopic (exact) mass is 824 g/mol. The SMILES string of the molecule is CCCCCc1oc(CCCCCCCCC(=O)OC[C@H](COP(=O)(O)OCCNC)OC(=O)CCCCCCCCCCc2oc(CCC)cc2C)c(C)c1C. The average molecular weight is 824 g/mol. The topological polar surface area (TPSA) is 147 Å². The fourth-order valence-corrected chi connectivity index (χ4v) is 7.67. The predicted octanol–water partition coefficient (Wildman–Crippen LogP) is 11.3. The fraction of sp³-hybridized carbons (Fsp3) is 0.778. The highest BCUT2D eigenvalue weighted by atomic mass is 31.2. The first-order valence-electron chi connectivity index (χ1n) is 22.3. The first-order valence-corrected chi connectivity index (χ1v) is 23.8. The molecule has 0 aliphatic carbocycles. The van der Waals surface area contributed by atoms with Gasteiger partial charge >= 0.3 is 19.8 Å². The van der Waals surface area contributed by atoms with Gasteiger partial charge in [-0.05, 0) is 89.1 Å². The van der Waals surface area contributed by atoms with Crippen LogP contribution in [0.4, 0.5) is 0 Å². The number of aryl methyl sites for hydroxylation is 5. The molecule has 12 heteroatoms. The number of phosphoric ester groups is 1. The van der Waals surface area contributed by atoms with Crippen molar-refractivity contribution in [3.8, 4) is 0 Å². The van der Waals surface area contributed by atoms with E-state index in [1.807, 2.05) is 0 Å². The van der Waals surface area contributed by atoms with Gasteiger partial charge in [0.1, 0.15) is 29.6 Å². The maximum atomic E-state index is 12.7. The van der Waals surface area contributed by atoms with Gasteiger partial charge in [-0.3, -0.25) is 18.6 Å². The standard InChI is InChI=1S/C45H78NO10P/c1-7-9-20-27-42-37(4)38(5)43(56-42)28-22-17-14-15-18-23-29-44(47)51-34-40(35-53-57(49,50)52-32-31-46-6)55-45(48)30-24-19-13-11-10-12-16-21-26-41-36(3)33-39(54-41)25-8-2/h33,40,46H,7-32,34-35H2,1-6H3,(H,49,50)/t40-/m1/s1. The molecule has 0 fully saturated rings. The van der Waals surface area contributed by atoms with Gasteiger partial charge in [-0.15, -0.1) is 0 Å². The van der Waals surface area contributed by atoms with Crippen LogP contribution in [0.15, 0.2) is 14.9 Å². The summed E-state index contributed by atoms with van der Waals surface area (Å²) in [7, 11) is -2.68. The fourth-order valence-electron chi connectivity index (χ4n) is 6.91. The predicted molar refractivity (Wildman–Crippen MR) is 227 cm³/mol. The van der Waals surface area contributed by atoms with Gasteiger partial charge in [0, 0.05) is 45.1 Å². The molecule has 0 aliphatic heterocycles. The lowest BCUT2D eigenvalue weighted by Crippen LogP contribution is -2.29. The Bertz CT molecular complexity index is 1420. The van der Waals surface area contributed by atoms with Crippen LogP contribution in [0.5, 0.6) is 0 Å². The molecule has 0 bridgehead atoms. The minimum Gasteiger partial charge on any atom is -0.466 e. The summed E-state index contributed by atoms with van der Waals surface area (Å²) >= 11 is 0. The van der Waals surface area contributed by atoms with Gasteiger partial charge in [0.15, 0.2) is 6.10 Å². The summed E-state index contributed by atoms with van der Waals surface area (Å²) in [5, 5.41) is 2.82. The number of ether oxygens (including phenoxy) is 2. The third-order valence-electron chi connectivity index (χ3n) is 10.5. The van der Waals surface area contributed by atoms with Gasteiger partial charge < -0.3 is 28.5 Å². The lowest BCUT2D eigenvalue weighted by Gasteiger charge is -2.20. The van der Waals surface area contributed by atoms with E-state index in [1.54, 1.807) is 7.05 Å². The number of phosphoric acid groups is 1. The molecule has 2 rings (SSSR count). The molecule has 0 saturated carbocycles. The van der Waals surface area contributed by atoms with Crippen LogP contribution in [0.25, 0.3) is 0 Å². The minimum absolute atomic E-state index is 0.0301. The second-order valence-electron chi connectivity index (χ2n) is 15.7. The highest BCUT2D eigenvalue weighted by Crippen LogP contribution is 2.43. The number of likely N-dealkylation sites (N-methyl/N-ethyl adjacent to an activating group) is 1. The van der Waals surface area contributed by atoms with Gasteiger partial charge in [-0.1, -0.05) is 90.9 Å². The minimum atomic E-state index is -4.37. The number of nitrogens with one attached hydrogen (secondary N) is 1. The quantitative estimate of drug-likeness (QED) is 0.0384. The second-order valence-corrected chi connectivity index (χ2v) is 17.1. The highest BCUT2D eigenvalue weighted by Gasteiger charge is 2.26. The highest BCUT2D eigenvalue weighted by molar-refractivity contribution is 7.47. The van der Waals surface area contributed by atoms with Gasteiger partial charge in [0.25, 0.3) is 0 Å². The molecule has 0 radical (unpaired) electrons. The normalized spacial score (nSPS) is 13.2. The summed E-state index contributed by atoms with van der Waals surface area (Å²) in [5.41, 5.74) is 3.87. The molecule has 11 nitrogen and oxygen atoms in total. The van der Waals surface area contributed by atoms with Crippen LogP contribution >= 0.6 is 7.82 Å². The number of unbranched alkanes of at least 4 members (excludes halogenated alkanes) is 14. The molecule has 1 unspecified atom stereocenters. The van der Waals surface area contributed by atoms with Crippen molar-refractivity contribution in [3.05, 3.63) is 45.8 Å². The molecule has 328 valence electrons. The number of esters is 2. The lowest BCUT2D eigenvalue weighted by atomic mass is 10.0. The number of hydrogen-bond acceptors (Lipinski definition) is 10. The first kappa shape index (κ1) is 50.7. The Labute approximate surface area is 344 Å². The zero-order valence-corrected chi connectivity index (χ0v) is 37.4. The Morgan fingerprint density at radius 2 is 1.19 bits per heavy atom. The molecule has 2 heterocycles. The molecule has 2 N–H and O–H groups in total. The molecule has 0 aromatic carbocycles. The molecule has 2 atom stereocenters. The molecular weight excluding hydrogens is 745 g/mol. The van der Waals surface area contributed by atoms with Crippen molar-refractivity contribution >= 4 is 19.8 Å². The van der Waals surface area contributed by atoms with E-state index in [2.05, 4.69) is 46.0 Å². The number of carbonyl (C=O) groups is 2. The second kappa shape index (κ2) is 30.6. The van der Waals surface area contributed by atoms with Crippen molar-refractivity contribution in [1.82, 2.24) is 5.32 Å². The number of furan rings is 2. The van der Waals surface area contributed by atoms with Crippen molar-refractivity contribution in [3.63, 3.8) is 0 Å². The van der Waals surface area contributed by atoms with E-state index in [4.69, 9.17) is 27.4 Å². The van der Waals surface area contributed by atoms with E-state index in [0.717, 1.165) is 119 Å². The van der Waals surface area contributed by atoms with E-state index >= 15 is 0 Å². The van der Waals surface area contributed by atoms with Crippen LogP contribution in [0, 0.1) is 20.8 Å². The zero-order valence-electron chi connectivity index (χ0n) is 36.5. The Morgan fingerprint density at radius 3 is 1.75 bits per heavy atom. The third-order valence-corrected chi connectivity index (χ3v) is 11.5. The molecule has 2 aromatic heterocycles. The summed E-state index contributed by atoms with van der Waals surface area (Å²) in [6.45, 7) is 10.5. The average Bonchev–Trinajstić information content (AvgIpc) is 3.67. The molecule has 2 aromatic rings. The largest absolute Gasteiger partial charge is 0.472 e. The van der Waals surface area contributed by atoms with Crippen LogP contribution < -0.4 is 5.32 Å². The van der Waals surface area contributed by atoms with Crippen LogP contribution in [-0.4, -0.2) is 56.3 Å². The maximum Gasteiger partial charge on any atom is 0.472 e. The van der Waals surface area contributed by atoms with Crippen LogP contribution in [0.3, 0.4) is 0 Å². The van der Waals surface area contributed by atoms with E-state index in [-0.39, 0.29) is 26.1 Å². The molecule has 0 spiro atoms. The Balaban J connectivity index is 1.62. The Morgan fingerprint density at radius 1 is 0.667 bits per heavy atom. The van der Waals surface area contributed by atoms with Gasteiger partial charge in [0.2, 0.25) is 0 Å². The molecule has 57 heavy (non-hydrogen) atoms. The zero-order chi connectivity index (χ0) is 41.7. The van der Waals surface area contributed by atoms with Gasteiger partial charge in [-0.2, -0.15) is 0 Å². The van der Waals surface area contributed by atoms with Crippen molar-refractivity contribution in [1.29, 1.82) is 0 Å². The Kier molecular flexibility index (Phi) is 27.2. The first-order chi connectivity index (χ1) is 27.5. The Hall–Kier alpha value is -2.43. The van der Waals surface area contributed by atoms with E-state index in [0.29, 0.717) is 19.4 Å². The molecule has 0 saturated heterocycles. The summed E-state index contributed by atoms with van der Waals surface area (Å²) in [4.78, 5) is 35.3. The van der Waals surface area contributed by atoms with Crippen molar-refractivity contribution in [2.75, 3.05) is 33.4 Å². The van der Waals surface area contributed by atoms with Crippen LogP contribution in [-0.2, 0) is 58.4 Å². The smallest absolute Gasteiger partial charge is 0.466 e. The number of hydrogen-bond donors (Lipinski definition) is 2. The van der Waals surface area contributed by atoms with Crippen molar-refractivity contribution in [2.24, 2.45) is 0 Å². The maximum absolute atomic E-state index is 12.7. The van der Waals surface area contributed by atoms with Crippen molar-refractivity contribution in [2.45, 2.75) is 195 Å². The summed E-state index contributed by atoms with van der Waals surface area (Å²) < 4.78 is 45.5. The summed E-state index contributed by atoms with van der Waals surface area (Å²) in [6.07, 6.45) is 22.5. The van der Waals surface area contributed by atoms with E-state index < -0.39 is 32.5 Å². The molecular formula is C45H78NO10P. The van der Waals surface area contributed by atoms with Crippen molar-refractivity contribution < 1.29 is 46.4 Å². The molecule has 0 amide bonds. The number of carbonyl (C=O) groups excluding carboxylic acids is 2. The van der Waals surface area contributed by atoms with Gasteiger partial charge in [-0.25, -0.2) is 4.57 Å². The molecule has 0 aliphatic rings. The van der Waals surface area contributed by atoms with Crippen LogP contribution in [0.1, 0.15) is 182 Å². The summed E-state index contributed by atoms with van der Waals surface area (Å²) in [5.74, 6) is 3.65. The van der Waals surface area contributed by atoms with Crippen LogP contribution in [0.2, 0.25) is 0 Å².